The summed E-state index contributed by atoms with van der Waals surface area (Å²) in [6.45, 7) is 2.28. The fourth-order valence-corrected chi connectivity index (χ4v) is 3.32. The van der Waals surface area contributed by atoms with Crippen molar-refractivity contribution in [1.82, 2.24) is 9.99 Å². The third-order valence-corrected chi connectivity index (χ3v) is 5.08. The van der Waals surface area contributed by atoms with E-state index in [1.807, 2.05) is 25.1 Å². The van der Waals surface area contributed by atoms with Gasteiger partial charge in [0.05, 0.1) is 5.52 Å². The van der Waals surface area contributed by atoms with E-state index in [9.17, 15) is 14.4 Å². The molecular formula is C20H18Br2N4O3. The summed E-state index contributed by atoms with van der Waals surface area (Å²) in [4.78, 5) is 37.2. The van der Waals surface area contributed by atoms with Gasteiger partial charge in [0.2, 0.25) is 0 Å². The van der Waals surface area contributed by atoms with Gasteiger partial charge >= 0.3 is 11.8 Å². The first-order chi connectivity index (χ1) is 13.9. The van der Waals surface area contributed by atoms with E-state index in [0.717, 1.165) is 14.3 Å². The first-order valence-electron chi connectivity index (χ1n) is 8.86. The van der Waals surface area contributed by atoms with Crippen molar-refractivity contribution in [1.29, 1.82) is 0 Å². The van der Waals surface area contributed by atoms with Crippen molar-refractivity contribution in [2.45, 2.75) is 13.3 Å². The number of benzene rings is 2. The smallest absolute Gasteiger partial charge is 0.328 e. The highest BCUT2D eigenvalue weighted by molar-refractivity contribution is 9.10. The van der Waals surface area contributed by atoms with Gasteiger partial charge in [-0.2, -0.15) is 0 Å². The molecule has 3 amide bonds. The van der Waals surface area contributed by atoms with Crippen LogP contribution in [0.4, 0.5) is 5.69 Å². The zero-order valence-corrected chi connectivity index (χ0v) is 18.6. The maximum Gasteiger partial charge on any atom is 0.328 e. The summed E-state index contributed by atoms with van der Waals surface area (Å²) >= 11 is 6.75. The molecule has 7 nitrogen and oxygen atoms in total. The van der Waals surface area contributed by atoms with Gasteiger partial charge in [-0.05, 0) is 55.0 Å². The number of nitrogens with one attached hydrogen (secondary N) is 3. The first kappa shape index (κ1) is 21.1. The monoisotopic (exact) mass is 520 g/mol. The van der Waals surface area contributed by atoms with Crippen LogP contribution in [-0.4, -0.2) is 28.9 Å². The van der Waals surface area contributed by atoms with Gasteiger partial charge in [0.15, 0.2) is 0 Å². The summed E-state index contributed by atoms with van der Waals surface area (Å²) in [5.74, 6) is -2.03. The summed E-state index contributed by atoms with van der Waals surface area (Å²) in [6.07, 6.45) is 0.709. The number of hydrogen-bond acceptors (Lipinski definition) is 3. The fourth-order valence-electron chi connectivity index (χ4n) is 2.67. The van der Waals surface area contributed by atoms with Crippen LogP contribution in [0.5, 0.6) is 0 Å². The van der Waals surface area contributed by atoms with Crippen molar-refractivity contribution in [3.05, 3.63) is 63.2 Å². The number of carbonyl (C=O) groups is 3. The van der Waals surface area contributed by atoms with Crippen LogP contribution in [0, 0.1) is 0 Å². The molecule has 3 N–H and O–H groups in total. The SMILES string of the molecule is CCCNC(=O)C(=O)Nn1c(C(=O)Nc2ccc(Br)cc2)cc2cc(Br)ccc21. The molecule has 9 heteroatoms. The van der Waals surface area contributed by atoms with Gasteiger partial charge in [-0.3, -0.25) is 19.8 Å². The van der Waals surface area contributed by atoms with Gasteiger partial charge in [0.25, 0.3) is 5.91 Å². The minimum atomic E-state index is -0.850. The molecule has 0 radical (unpaired) electrons. The number of aromatic nitrogens is 1. The molecule has 0 aliphatic heterocycles. The number of halogens is 2. The predicted molar refractivity (Wildman–Crippen MR) is 119 cm³/mol. The molecule has 3 rings (SSSR count). The second kappa shape index (κ2) is 9.23. The van der Waals surface area contributed by atoms with E-state index in [2.05, 4.69) is 47.9 Å². The highest BCUT2D eigenvalue weighted by atomic mass is 79.9. The van der Waals surface area contributed by atoms with Crippen LogP contribution < -0.4 is 16.1 Å². The number of carbonyl (C=O) groups excluding carboxylic acids is 3. The molecule has 29 heavy (non-hydrogen) atoms. The molecule has 3 aromatic rings. The van der Waals surface area contributed by atoms with E-state index in [-0.39, 0.29) is 5.69 Å². The Hall–Kier alpha value is -2.65. The number of nitrogens with zero attached hydrogens (tertiary/aromatic N) is 1. The van der Waals surface area contributed by atoms with E-state index in [1.54, 1.807) is 30.3 Å². The van der Waals surface area contributed by atoms with E-state index in [1.165, 1.54) is 4.68 Å². The Bertz CT molecular complexity index is 1080. The van der Waals surface area contributed by atoms with Crippen molar-refractivity contribution in [3.63, 3.8) is 0 Å². The normalized spacial score (nSPS) is 10.6. The quantitative estimate of drug-likeness (QED) is 0.443. The topological polar surface area (TPSA) is 92.2 Å². The molecule has 0 aliphatic carbocycles. The van der Waals surface area contributed by atoms with E-state index < -0.39 is 17.7 Å². The molecular weight excluding hydrogens is 504 g/mol. The van der Waals surface area contributed by atoms with Crippen molar-refractivity contribution in [3.8, 4) is 0 Å². The molecule has 150 valence electrons. The summed E-state index contributed by atoms with van der Waals surface area (Å²) < 4.78 is 3.04. The summed E-state index contributed by atoms with van der Waals surface area (Å²) in [6, 6.07) is 14.1. The molecule has 0 fully saturated rings. The first-order valence-corrected chi connectivity index (χ1v) is 10.4. The van der Waals surface area contributed by atoms with Gasteiger partial charge in [0.1, 0.15) is 5.69 Å². The Morgan fingerprint density at radius 1 is 0.931 bits per heavy atom. The average Bonchev–Trinajstić information content (AvgIpc) is 3.05. The van der Waals surface area contributed by atoms with Gasteiger partial charge in [-0.25, -0.2) is 4.68 Å². The number of hydrogen-bond donors (Lipinski definition) is 3. The number of anilines is 1. The molecule has 0 spiro atoms. The van der Waals surface area contributed by atoms with Crippen LogP contribution in [0.1, 0.15) is 23.8 Å². The zero-order valence-electron chi connectivity index (χ0n) is 15.5. The Balaban J connectivity index is 1.94. The minimum Gasteiger partial charge on any atom is -0.348 e. The molecule has 0 bridgehead atoms. The summed E-state index contributed by atoms with van der Waals surface area (Å²) in [5, 5.41) is 6.04. The Morgan fingerprint density at radius 3 is 2.31 bits per heavy atom. The summed E-state index contributed by atoms with van der Waals surface area (Å²) in [7, 11) is 0. The van der Waals surface area contributed by atoms with Crippen LogP contribution in [0.25, 0.3) is 10.9 Å². The Labute approximate surface area is 184 Å². The van der Waals surface area contributed by atoms with Crippen molar-refractivity contribution in [2.24, 2.45) is 0 Å². The van der Waals surface area contributed by atoms with Crippen LogP contribution in [-0.2, 0) is 9.59 Å². The Kier molecular flexibility index (Phi) is 6.71. The molecule has 0 saturated heterocycles. The second-order valence-corrected chi connectivity index (χ2v) is 8.06. The van der Waals surface area contributed by atoms with Crippen LogP contribution >= 0.6 is 31.9 Å². The molecule has 2 aromatic carbocycles. The minimum absolute atomic E-state index is 0.192. The highest BCUT2D eigenvalue weighted by Gasteiger charge is 2.20. The maximum absolute atomic E-state index is 12.9. The summed E-state index contributed by atoms with van der Waals surface area (Å²) in [5.41, 5.74) is 3.90. The Morgan fingerprint density at radius 2 is 1.62 bits per heavy atom. The lowest BCUT2D eigenvalue weighted by Gasteiger charge is -2.12. The van der Waals surface area contributed by atoms with Gasteiger partial charge in [0, 0.05) is 26.6 Å². The van der Waals surface area contributed by atoms with Crippen molar-refractivity contribution >= 4 is 66.2 Å². The van der Waals surface area contributed by atoms with Crippen LogP contribution in [0.2, 0.25) is 0 Å². The van der Waals surface area contributed by atoms with Gasteiger partial charge in [-0.15, -0.1) is 0 Å². The lowest BCUT2D eigenvalue weighted by atomic mass is 10.2. The second-order valence-electron chi connectivity index (χ2n) is 6.23. The molecule has 0 aliphatic rings. The lowest BCUT2D eigenvalue weighted by Crippen LogP contribution is -2.40. The van der Waals surface area contributed by atoms with Crippen molar-refractivity contribution < 1.29 is 14.4 Å². The van der Waals surface area contributed by atoms with E-state index >= 15 is 0 Å². The van der Waals surface area contributed by atoms with Crippen LogP contribution in [0.15, 0.2) is 57.5 Å². The van der Waals surface area contributed by atoms with E-state index in [0.29, 0.717) is 24.2 Å². The molecule has 0 saturated carbocycles. The molecule has 0 atom stereocenters. The fraction of sp³-hybridized carbons (Fsp3) is 0.150. The lowest BCUT2D eigenvalue weighted by molar-refractivity contribution is -0.136. The highest BCUT2D eigenvalue weighted by Crippen LogP contribution is 2.24. The third kappa shape index (κ3) is 5.04. The predicted octanol–water partition coefficient (Wildman–Crippen LogP) is 4.01. The number of fused-ring (bicyclic) bond motifs is 1. The number of rotatable bonds is 5. The largest absolute Gasteiger partial charge is 0.348 e. The van der Waals surface area contributed by atoms with Crippen molar-refractivity contribution in [2.75, 3.05) is 17.3 Å². The zero-order chi connectivity index (χ0) is 21.0. The van der Waals surface area contributed by atoms with E-state index in [4.69, 9.17) is 0 Å². The number of amides is 3. The van der Waals surface area contributed by atoms with Gasteiger partial charge < -0.3 is 10.6 Å². The third-order valence-electron chi connectivity index (χ3n) is 4.05. The average molecular weight is 522 g/mol. The van der Waals surface area contributed by atoms with Gasteiger partial charge in [-0.1, -0.05) is 38.8 Å². The standard InChI is InChI=1S/C20H18Br2N4O3/c1-2-9-23-19(28)20(29)25-26-16-8-5-14(22)10-12(16)11-17(26)18(27)24-15-6-3-13(21)4-7-15/h3-8,10-11H,2,9H2,1H3,(H,23,28)(H,24,27)(H,25,29). The molecule has 1 aromatic heterocycles. The molecule has 0 unspecified atom stereocenters. The molecule has 1 heterocycles. The maximum atomic E-state index is 12.9. The van der Waals surface area contributed by atoms with Crippen LogP contribution in [0.3, 0.4) is 0 Å².